The van der Waals surface area contributed by atoms with E-state index < -0.39 is 11.7 Å². The Morgan fingerprint density at radius 3 is 2.64 bits per heavy atom. The Labute approximate surface area is 177 Å². The summed E-state index contributed by atoms with van der Waals surface area (Å²) in [7, 11) is 0. The molecule has 0 aliphatic carbocycles. The van der Waals surface area contributed by atoms with Crippen LogP contribution >= 0.6 is 46.3 Å². The van der Waals surface area contributed by atoms with Gasteiger partial charge in [-0.2, -0.15) is 0 Å². The van der Waals surface area contributed by atoms with Crippen molar-refractivity contribution in [1.29, 1.82) is 0 Å². The van der Waals surface area contributed by atoms with E-state index in [0.717, 1.165) is 23.1 Å². The van der Waals surface area contributed by atoms with Crippen LogP contribution < -0.4 is 10.6 Å². The zero-order valence-electron chi connectivity index (χ0n) is 13.9. The molecule has 0 aliphatic heterocycles. The van der Waals surface area contributed by atoms with E-state index in [-0.39, 0.29) is 33.1 Å². The summed E-state index contributed by atoms with van der Waals surface area (Å²) in [6.07, 6.45) is 0. The van der Waals surface area contributed by atoms with Crippen LogP contribution in [0.5, 0.6) is 0 Å². The number of nitrogens with one attached hydrogen (secondary N) is 2. The van der Waals surface area contributed by atoms with Gasteiger partial charge in [0.1, 0.15) is 5.82 Å². The summed E-state index contributed by atoms with van der Waals surface area (Å²) in [4.78, 5) is 24.2. The molecule has 28 heavy (non-hydrogen) atoms. The van der Waals surface area contributed by atoms with Crippen molar-refractivity contribution >= 4 is 68.9 Å². The van der Waals surface area contributed by atoms with Gasteiger partial charge in [-0.1, -0.05) is 58.4 Å². The lowest BCUT2D eigenvalue weighted by atomic mass is 10.2. The Balaban J connectivity index is 1.54. The van der Waals surface area contributed by atoms with Crippen molar-refractivity contribution in [1.82, 2.24) is 10.2 Å². The highest BCUT2D eigenvalue weighted by atomic mass is 35.5. The second-order valence-electron chi connectivity index (χ2n) is 5.27. The molecule has 1 heterocycles. The quantitative estimate of drug-likeness (QED) is 0.404. The number of benzene rings is 2. The van der Waals surface area contributed by atoms with Crippen LogP contribution in [0.15, 0.2) is 46.8 Å². The number of carbonyl (C=O) groups is 2. The highest BCUT2D eigenvalue weighted by molar-refractivity contribution is 8.01. The molecule has 1 aromatic heterocycles. The van der Waals surface area contributed by atoms with Crippen LogP contribution in [0.1, 0.15) is 10.4 Å². The number of thioether (sulfide) groups is 1. The number of amides is 2. The van der Waals surface area contributed by atoms with Gasteiger partial charge >= 0.3 is 0 Å². The molecule has 0 atom stereocenters. The molecule has 6 nitrogen and oxygen atoms in total. The van der Waals surface area contributed by atoms with E-state index in [0.29, 0.717) is 9.36 Å². The van der Waals surface area contributed by atoms with Crippen LogP contribution in [0.25, 0.3) is 0 Å². The monoisotopic (exact) mass is 456 g/mol. The van der Waals surface area contributed by atoms with Gasteiger partial charge in [0, 0.05) is 5.02 Å². The van der Waals surface area contributed by atoms with E-state index in [1.165, 1.54) is 30.3 Å². The van der Waals surface area contributed by atoms with Crippen LogP contribution in [0, 0.1) is 5.82 Å². The van der Waals surface area contributed by atoms with Gasteiger partial charge in [-0.05, 0) is 30.3 Å². The first-order valence-corrected chi connectivity index (χ1v) is 10.3. The summed E-state index contributed by atoms with van der Waals surface area (Å²) in [6, 6.07) is 10.4. The molecule has 0 spiro atoms. The van der Waals surface area contributed by atoms with Gasteiger partial charge in [0.15, 0.2) is 4.34 Å². The Bertz CT molecular complexity index is 1030. The highest BCUT2D eigenvalue weighted by Gasteiger charge is 2.15. The van der Waals surface area contributed by atoms with Crippen LogP contribution in [-0.2, 0) is 4.79 Å². The van der Waals surface area contributed by atoms with E-state index in [9.17, 15) is 14.0 Å². The van der Waals surface area contributed by atoms with Gasteiger partial charge in [-0.3, -0.25) is 14.9 Å². The molecule has 3 rings (SSSR count). The largest absolute Gasteiger partial charge is 0.323 e. The first-order chi connectivity index (χ1) is 13.4. The van der Waals surface area contributed by atoms with E-state index in [1.54, 1.807) is 12.1 Å². The summed E-state index contributed by atoms with van der Waals surface area (Å²) in [6.45, 7) is 0. The van der Waals surface area contributed by atoms with Crippen LogP contribution in [0.2, 0.25) is 10.0 Å². The van der Waals surface area contributed by atoms with Crippen molar-refractivity contribution in [2.24, 2.45) is 0 Å². The smallest absolute Gasteiger partial charge is 0.259 e. The Morgan fingerprint density at radius 1 is 1.11 bits per heavy atom. The average Bonchev–Trinajstić information content (AvgIpc) is 3.09. The fourth-order valence-electron chi connectivity index (χ4n) is 2.03. The number of hydrogen-bond donors (Lipinski definition) is 2. The van der Waals surface area contributed by atoms with Crippen LogP contribution in [-0.4, -0.2) is 27.8 Å². The van der Waals surface area contributed by atoms with Gasteiger partial charge in [-0.25, -0.2) is 4.39 Å². The predicted octanol–water partition coefficient (Wildman–Crippen LogP) is 4.97. The first-order valence-electron chi connectivity index (χ1n) is 7.69. The van der Waals surface area contributed by atoms with E-state index >= 15 is 0 Å². The number of halogens is 3. The van der Waals surface area contributed by atoms with Crippen molar-refractivity contribution in [3.05, 3.63) is 63.9 Å². The standard InChI is InChI=1S/C17H11Cl2FN4O2S2/c18-9-5-6-10(11(19)7-9)15(26)22-16-23-24-17(28-16)27-8-14(25)21-13-4-2-1-3-12(13)20/h1-7H,8H2,(H,21,25)(H,22,23,26). The molecule has 0 saturated carbocycles. The fraction of sp³-hybridized carbons (Fsp3) is 0.0588. The zero-order chi connectivity index (χ0) is 20.1. The molecular formula is C17H11Cl2FN4O2S2. The molecule has 0 aliphatic rings. The highest BCUT2D eigenvalue weighted by Crippen LogP contribution is 2.27. The maximum Gasteiger partial charge on any atom is 0.259 e. The maximum absolute atomic E-state index is 13.5. The third kappa shape index (κ3) is 5.41. The molecule has 2 N–H and O–H groups in total. The molecule has 11 heteroatoms. The predicted molar refractivity (Wildman–Crippen MR) is 110 cm³/mol. The Hall–Kier alpha value is -2.20. The number of para-hydroxylation sites is 1. The molecule has 2 aromatic carbocycles. The molecule has 2 amide bonds. The minimum atomic E-state index is -0.511. The maximum atomic E-state index is 13.5. The van der Waals surface area contributed by atoms with E-state index in [2.05, 4.69) is 20.8 Å². The summed E-state index contributed by atoms with van der Waals surface area (Å²) < 4.78 is 14.0. The lowest BCUT2D eigenvalue weighted by Gasteiger charge is -2.04. The number of carbonyl (C=O) groups excluding carboxylic acids is 2. The molecule has 0 saturated heterocycles. The van der Waals surface area contributed by atoms with Gasteiger partial charge in [0.05, 0.1) is 22.0 Å². The summed E-state index contributed by atoms with van der Waals surface area (Å²) in [5.74, 6) is -1.34. The zero-order valence-corrected chi connectivity index (χ0v) is 17.1. The Kier molecular flexibility index (Phi) is 6.84. The number of anilines is 2. The van der Waals surface area contributed by atoms with Crippen molar-refractivity contribution in [2.45, 2.75) is 4.34 Å². The third-order valence-corrected chi connectivity index (χ3v) is 5.80. The molecule has 0 bridgehead atoms. The van der Waals surface area contributed by atoms with Crippen LogP contribution in [0.4, 0.5) is 15.2 Å². The molecule has 144 valence electrons. The van der Waals surface area contributed by atoms with Gasteiger partial charge in [-0.15, -0.1) is 10.2 Å². The fourth-order valence-corrected chi connectivity index (χ4v) is 4.07. The van der Waals surface area contributed by atoms with Gasteiger partial charge in [0.25, 0.3) is 5.91 Å². The number of nitrogens with zero attached hydrogens (tertiary/aromatic N) is 2. The summed E-state index contributed by atoms with van der Waals surface area (Å²) in [5, 5.41) is 13.7. The number of rotatable bonds is 6. The minimum absolute atomic E-state index is 0.0138. The second-order valence-corrected chi connectivity index (χ2v) is 8.31. The molecule has 0 unspecified atom stereocenters. The second kappa shape index (κ2) is 9.33. The molecule has 3 aromatic rings. The summed E-state index contributed by atoms with van der Waals surface area (Å²) in [5.41, 5.74) is 0.359. The van der Waals surface area contributed by atoms with E-state index in [1.807, 2.05) is 0 Å². The van der Waals surface area contributed by atoms with Gasteiger partial charge < -0.3 is 5.32 Å². The molecule has 0 fully saturated rings. The molecular weight excluding hydrogens is 446 g/mol. The summed E-state index contributed by atoms with van der Waals surface area (Å²) >= 11 is 14.0. The van der Waals surface area contributed by atoms with Gasteiger partial charge in [0.2, 0.25) is 11.0 Å². The lowest BCUT2D eigenvalue weighted by molar-refractivity contribution is -0.113. The van der Waals surface area contributed by atoms with E-state index in [4.69, 9.17) is 23.2 Å². The SMILES string of the molecule is O=C(CSc1nnc(NC(=O)c2ccc(Cl)cc2Cl)s1)Nc1ccccc1F. The first kappa shape index (κ1) is 20.5. The van der Waals surface area contributed by atoms with Crippen molar-refractivity contribution < 1.29 is 14.0 Å². The average molecular weight is 457 g/mol. The topological polar surface area (TPSA) is 84.0 Å². The molecule has 0 radical (unpaired) electrons. The van der Waals surface area contributed by atoms with Crippen molar-refractivity contribution in [2.75, 3.05) is 16.4 Å². The van der Waals surface area contributed by atoms with Crippen LogP contribution in [0.3, 0.4) is 0 Å². The Morgan fingerprint density at radius 2 is 1.89 bits per heavy atom. The normalized spacial score (nSPS) is 10.5. The van der Waals surface area contributed by atoms with Crippen molar-refractivity contribution in [3.63, 3.8) is 0 Å². The number of hydrogen-bond acceptors (Lipinski definition) is 6. The van der Waals surface area contributed by atoms with Crippen molar-refractivity contribution in [3.8, 4) is 0 Å². The lowest BCUT2D eigenvalue weighted by Crippen LogP contribution is -2.14. The minimum Gasteiger partial charge on any atom is -0.323 e. The number of aromatic nitrogens is 2. The third-order valence-electron chi connectivity index (χ3n) is 3.28.